The van der Waals surface area contributed by atoms with E-state index in [1.165, 1.54) is 0 Å². The average Bonchev–Trinajstić information content (AvgIpc) is 2.35. The van der Waals surface area contributed by atoms with Crippen molar-refractivity contribution in [2.75, 3.05) is 20.2 Å². The lowest BCUT2D eigenvalue weighted by molar-refractivity contribution is -0.122. The minimum Gasteiger partial charge on any atom is -0.483 e. The molecule has 0 unspecified atom stereocenters. The van der Waals surface area contributed by atoms with Gasteiger partial charge < -0.3 is 15.4 Å². The Morgan fingerprint density at radius 3 is 2.94 bits per heavy atom. The molecule has 0 fully saturated rings. The lowest BCUT2D eigenvalue weighted by atomic mass is 10.2. The van der Waals surface area contributed by atoms with E-state index in [-0.39, 0.29) is 12.5 Å². The third-order valence-electron chi connectivity index (χ3n) is 2.14. The van der Waals surface area contributed by atoms with E-state index in [1.54, 1.807) is 6.08 Å². The van der Waals surface area contributed by atoms with Crippen LogP contribution < -0.4 is 15.4 Å². The van der Waals surface area contributed by atoms with Gasteiger partial charge in [-0.1, -0.05) is 24.3 Å². The highest BCUT2D eigenvalue weighted by Crippen LogP contribution is 2.17. The zero-order valence-corrected chi connectivity index (χ0v) is 10.0. The summed E-state index contributed by atoms with van der Waals surface area (Å²) >= 11 is 0. The summed E-state index contributed by atoms with van der Waals surface area (Å²) in [6, 6.07) is 7.65. The highest BCUT2D eigenvalue weighted by molar-refractivity contribution is 5.77. The molecule has 17 heavy (non-hydrogen) atoms. The van der Waals surface area contributed by atoms with E-state index in [9.17, 15) is 4.79 Å². The van der Waals surface area contributed by atoms with Crippen LogP contribution in [0.1, 0.15) is 5.56 Å². The van der Waals surface area contributed by atoms with Crippen LogP contribution in [0.2, 0.25) is 0 Å². The third kappa shape index (κ3) is 4.70. The monoisotopic (exact) mass is 234 g/mol. The molecule has 0 spiro atoms. The summed E-state index contributed by atoms with van der Waals surface area (Å²) in [5.41, 5.74) is 1.03. The Morgan fingerprint density at radius 2 is 2.24 bits per heavy atom. The molecule has 1 aromatic carbocycles. The molecule has 0 heterocycles. The number of carbonyl (C=O) groups is 1. The number of hydrogen-bond acceptors (Lipinski definition) is 3. The maximum absolute atomic E-state index is 11.3. The van der Waals surface area contributed by atoms with Crippen molar-refractivity contribution in [3.05, 3.63) is 42.5 Å². The van der Waals surface area contributed by atoms with Gasteiger partial charge in [0.2, 0.25) is 0 Å². The number of hydrogen-bond donors (Lipinski definition) is 2. The topological polar surface area (TPSA) is 50.4 Å². The summed E-state index contributed by atoms with van der Waals surface area (Å²) in [6.07, 6.45) is 1.63. The zero-order valence-electron chi connectivity index (χ0n) is 10.0. The van der Waals surface area contributed by atoms with E-state index in [2.05, 4.69) is 17.2 Å². The van der Waals surface area contributed by atoms with E-state index >= 15 is 0 Å². The van der Waals surface area contributed by atoms with Gasteiger partial charge in [-0.05, 0) is 13.1 Å². The molecule has 0 aliphatic rings. The molecular weight excluding hydrogens is 216 g/mol. The minimum atomic E-state index is -0.149. The Balaban J connectivity index is 2.50. The quantitative estimate of drug-likeness (QED) is 0.694. The molecule has 0 radical (unpaired) electrons. The molecule has 0 aliphatic heterocycles. The Kier molecular flexibility index (Phi) is 5.82. The van der Waals surface area contributed by atoms with Gasteiger partial charge in [-0.15, -0.1) is 6.58 Å². The lowest BCUT2D eigenvalue weighted by Gasteiger charge is -2.10. The summed E-state index contributed by atoms with van der Waals surface area (Å²) in [4.78, 5) is 11.3. The molecule has 1 aromatic rings. The predicted molar refractivity (Wildman–Crippen MR) is 67.9 cm³/mol. The molecule has 4 heteroatoms. The Labute approximate surface area is 102 Å². The van der Waals surface area contributed by atoms with Crippen molar-refractivity contribution in [2.24, 2.45) is 0 Å². The lowest BCUT2D eigenvalue weighted by Crippen LogP contribution is -2.29. The highest BCUT2D eigenvalue weighted by atomic mass is 16.5. The van der Waals surface area contributed by atoms with Crippen molar-refractivity contribution >= 4 is 5.91 Å². The summed E-state index contributed by atoms with van der Waals surface area (Å²) in [6.45, 7) is 4.72. The van der Waals surface area contributed by atoms with Gasteiger partial charge in [0.15, 0.2) is 6.61 Å². The van der Waals surface area contributed by atoms with Crippen LogP contribution in [0.25, 0.3) is 0 Å². The second-order valence-corrected chi connectivity index (χ2v) is 3.52. The van der Waals surface area contributed by atoms with Crippen LogP contribution in [0.3, 0.4) is 0 Å². The first kappa shape index (κ1) is 13.3. The van der Waals surface area contributed by atoms with Gasteiger partial charge in [-0.25, -0.2) is 0 Å². The molecule has 2 N–H and O–H groups in total. The van der Waals surface area contributed by atoms with Gasteiger partial charge in [0.05, 0.1) is 0 Å². The number of benzene rings is 1. The molecule has 0 saturated carbocycles. The van der Waals surface area contributed by atoms with Gasteiger partial charge in [-0.2, -0.15) is 0 Å². The molecule has 0 atom stereocenters. The second-order valence-electron chi connectivity index (χ2n) is 3.52. The van der Waals surface area contributed by atoms with E-state index in [0.717, 1.165) is 11.3 Å². The highest BCUT2D eigenvalue weighted by Gasteiger charge is 2.04. The smallest absolute Gasteiger partial charge is 0.258 e. The van der Waals surface area contributed by atoms with E-state index in [1.807, 2.05) is 31.3 Å². The molecule has 1 amide bonds. The fourth-order valence-corrected chi connectivity index (χ4v) is 1.36. The van der Waals surface area contributed by atoms with Crippen LogP contribution in [-0.2, 0) is 11.3 Å². The Morgan fingerprint density at radius 1 is 1.47 bits per heavy atom. The van der Waals surface area contributed by atoms with Crippen molar-refractivity contribution in [3.63, 3.8) is 0 Å². The van der Waals surface area contributed by atoms with E-state index in [0.29, 0.717) is 13.1 Å². The number of carbonyl (C=O) groups excluding carboxylic acids is 1. The summed E-state index contributed by atoms with van der Waals surface area (Å²) in [7, 11) is 1.87. The van der Waals surface area contributed by atoms with Crippen molar-refractivity contribution in [1.82, 2.24) is 10.6 Å². The van der Waals surface area contributed by atoms with Gasteiger partial charge in [-0.3, -0.25) is 4.79 Å². The number of amides is 1. The first-order valence-electron chi connectivity index (χ1n) is 5.50. The standard InChI is InChI=1S/C13H18N2O2/c1-3-8-15-13(16)10-17-12-7-5-4-6-11(12)9-14-2/h3-7,14H,1,8-10H2,2H3,(H,15,16). The minimum absolute atomic E-state index is 0.0224. The first-order valence-corrected chi connectivity index (χ1v) is 5.50. The molecule has 92 valence electrons. The molecular formula is C13H18N2O2. The molecule has 0 aromatic heterocycles. The average molecular weight is 234 g/mol. The van der Waals surface area contributed by atoms with Gasteiger partial charge in [0.25, 0.3) is 5.91 Å². The molecule has 4 nitrogen and oxygen atoms in total. The predicted octanol–water partition coefficient (Wildman–Crippen LogP) is 1.09. The van der Waals surface area contributed by atoms with Crippen LogP contribution in [0, 0.1) is 0 Å². The maximum atomic E-state index is 11.3. The normalized spacial score (nSPS) is 9.71. The number of ether oxygens (including phenoxy) is 1. The number of para-hydroxylation sites is 1. The largest absolute Gasteiger partial charge is 0.483 e. The summed E-state index contributed by atoms with van der Waals surface area (Å²) in [5.74, 6) is 0.583. The molecule has 1 rings (SSSR count). The van der Waals surface area contributed by atoms with Crippen LogP contribution in [-0.4, -0.2) is 26.1 Å². The van der Waals surface area contributed by atoms with E-state index in [4.69, 9.17) is 4.74 Å². The third-order valence-corrected chi connectivity index (χ3v) is 2.14. The number of rotatable bonds is 7. The Hall–Kier alpha value is -1.81. The maximum Gasteiger partial charge on any atom is 0.258 e. The SMILES string of the molecule is C=CCNC(=O)COc1ccccc1CNC. The van der Waals surface area contributed by atoms with Crippen molar-refractivity contribution in [3.8, 4) is 5.75 Å². The molecule has 0 aliphatic carbocycles. The summed E-state index contributed by atoms with van der Waals surface area (Å²) in [5, 5.41) is 5.71. The summed E-state index contributed by atoms with van der Waals surface area (Å²) < 4.78 is 5.46. The first-order chi connectivity index (χ1) is 8.27. The van der Waals surface area contributed by atoms with Crippen LogP contribution in [0.15, 0.2) is 36.9 Å². The van der Waals surface area contributed by atoms with Gasteiger partial charge in [0.1, 0.15) is 5.75 Å². The van der Waals surface area contributed by atoms with Crippen LogP contribution >= 0.6 is 0 Å². The van der Waals surface area contributed by atoms with E-state index < -0.39 is 0 Å². The fraction of sp³-hybridized carbons (Fsp3) is 0.308. The van der Waals surface area contributed by atoms with Crippen LogP contribution in [0.5, 0.6) is 5.75 Å². The Bertz CT molecular complexity index is 377. The fourth-order valence-electron chi connectivity index (χ4n) is 1.36. The van der Waals surface area contributed by atoms with Crippen molar-refractivity contribution < 1.29 is 9.53 Å². The molecule has 0 saturated heterocycles. The van der Waals surface area contributed by atoms with Crippen molar-refractivity contribution in [2.45, 2.75) is 6.54 Å². The number of nitrogens with one attached hydrogen (secondary N) is 2. The van der Waals surface area contributed by atoms with Crippen molar-refractivity contribution in [1.29, 1.82) is 0 Å². The molecule has 0 bridgehead atoms. The zero-order chi connectivity index (χ0) is 12.5. The van der Waals surface area contributed by atoms with Gasteiger partial charge in [0, 0.05) is 18.7 Å². The second kappa shape index (κ2) is 7.46. The van der Waals surface area contributed by atoms with Gasteiger partial charge >= 0.3 is 0 Å². The van der Waals surface area contributed by atoms with Crippen LogP contribution in [0.4, 0.5) is 0 Å².